The van der Waals surface area contributed by atoms with Gasteiger partial charge in [-0.1, -0.05) is 30.3 Å². The lowest BCUT2D eigenvalue weighted by atomic mass is 10.1. The van der Waals surface area contributed by atoms with Crippen LogP contribution in [0.2, 0.25) is 0 Å². The average molecular weight is 515 g/mol. The van der Waals surface area contributed by atoms with E-state index in [-0.39, 0.29) is 17.8 Å². The molecule has 1 aliphatic heterocycles. The van der Waals surface area contributed by atoms with Gasteiger partial charge in [0.2, 0.25) is 11.9 Å². The predicted molar refractivity (Wildman–Crippen MR) is 144 cm³/mol. The van der Waals surface area contributed by atoms with Gasteiger partial charge >= 0.3 is 0 Å². The van der Waals surface area contributed by atoms with Crippen LogP contribution in [-0.4, -0.2) is 50.7 Å². The molecule has 0 atom stereocenters. The van der Waals surface area contributed by atoms with Crippen LogP contribution in [-0.2, 0) is 6.54 Å². The van der Waals surface area contributed by atoms with E-state index in [2.05, 4.69) is 14.9 Å². The van der Waals surface area contributed by atoms with E-state index in [0.29, 0.717) is 41.0 Å². The second kappa shape index (κ2) is 9.70. The number of nitrogens with zero attached hydrogens (tertiary/aromatic N) is 5. The molecule has 5 aromatic rings. The van der Waals surface area contributed by atoms with Gasteiger partial charge in [-0.3, -0.25) is 4.79 Å². The van der Waals surface area contributed by atoms with Crippen LogP contribution in [0, 0.1) is 5.82 Å². The largest absolute Gasteiger partial charge is 0.494 e. The molecule has 2 aromatic heterocycles. The lowest BCUT2D eigenvalue weighted by Crippen LogP contribution is -2.42. The summed E-state index contributed by atoms with van der Waals surface area (Å²) in [5, 5.41) is 14.5. The van der Waals surface area contributed by atoms with E-state index in [1.54, 1.807) is 30.3 Å². The molecule has 194 valence electrons. The maximum Gasteiger partial charge on any atom is 0.295 e. The number of imidazole rings is 1. The summed E-state index contributed by atoms with van der Waals surface area (Å²) in [4.78, 5) is 24.1. The number of nitrogens with one attached hydrogen (secondary N) is 1. The molecule has 3 heterocycles. The van der Waals surface area contributed by atoms with E-state index in [0.717, 1.165) is 35.4 Å². The summed E-state index contributed by atoms with van der Waals surface area (Å²) in [5.41, 5.74) is 2.75. The molecule has 0 bridgehead atoms. The third kappa shape index (κ3) is 4.27. The van der Waals surface area contributed by atoms with Gasteiger partial charge in [0.05, 0.1) is 30.1 Å². The van der Waals surface area contributed by atoms with Crippen molar-refractivity contribution < 1.29 is 14.3 Å². The molecule has 10 heteroatoms. The zero-order valence-electron chi connectivity index (χ0n) is 20.8. The topological polar surface area (TPSA) is 97.4 Å². The van der Waals surface area contributed by atoms with Crippen molar-refractivity contribution in [2.45, 2.75) is 25.4 Å². The molecule has 1 fully saturated rings. The highest BCUT2D eigenvalue weighted by Gasteiger charge is 2.25. The fourth-order valence-corrected chi connectivity index (χ4v) is 5.06. The van der Waals surface area contributed by atoms with Gasteiger partial charge in [-0.15, -0.1) is 4.73 Å². The van der Waals surface area contributed by atoms with Crippen LogP contribution in [0.5, 0.6) is 5.75 Å². The van der Waals surface area contributed by atoms with E-state index in [1.807, 2.05) is 29.2 Å². The number of anilines is 2. The number of aromatic nitrogens is 4. The molecular weight excluding hydrogens is 487 g/mol. The lowest BCUT2D eigenvalue weighted by Gasteiger charge is -2.33. The number of rotatable bonds is 6. The Morgan fingerprint density at radius 1 is 1.03 bits per heavy atom. The Balaban J connectivity index is 1.23. The SMILES string of the molecule is COc1cccc2c(=O)n(O)c(N3CCC(Nc4nc5ccccc5n4Cc4ccc(F)cc4)CC3)nc12. The molecule has 0 spiro atoms. The van der Waals surface area contributed by atoms with Gasteiger partial charge in [0, 0.05) is 19.1 Å². The third-order valence-corrected chi connectivity index (χ3v) is 7.06. The summed E-state index contributed by atoms with van der Waals surface area (Å²) in [6.45, 7) is 1.73. The molecule has 6 rings (SSSR count). The Morgan fingerprint density at radius 2 is 1.79 bits per heavy atom. The summed E-state index contributed by atoms with van der Waals surface area (Å²) >= 11 is 0. The molecule has 9 nitrogen and oxygen atoms in total. The number of benzene rings is 3. The molecule has 0 saturated carbocycles. The molecule has 3 aromatic carbocycles. The smallest absolute Gasteiger partial charge is 0.295 e. The highest BCUT2D eigenvalue weighted by molar-refractivity contribution is 5.84. The Kier molecular flexibility index (Phi) is 6.07. The van der Waals surface area contributed by atoms with E-state index >= 15 is 0 Å². The number of methoxy groups -OCH3 is 1. The van der Waals surface area contributed by atoms with Crippen LogP contribution in [0.4, 0.5) is 16.3 Å². The first-order chi connectivity index (χ1) is 18.5. The molecule has 0 unspecified atom stereocenters. The standard InChI is InChI=1S/C28H27FN6O3/c1-38-24-8-4-5-21-25(24)32-28(35(37)26(21)36)33-15-13-20(14-16-33)30-27-31-22-6-2-3-7-23(22)34(27)17-18-9-11-19(29)12-10-18/h2-12,20,37H,13-17H2,1H3,(H,30,31). The highest BCUT2D eigenvalue weighted by Crippen LogP contribution is 2.27. The lowest BCUT2D eigenvalue weighted by molar-refractivity contribution is 0.175. The molecule has 0 radical (unpaired) electrons. The Labute approximate surface area is 217 Å². The molecule has 0 aliphatic carbocycles. The van der Waals surface area contributed by atoms with Crippen LogP contribution in [0.15, 0.2) is 71.5 Å². The van der Waals surface area contributed by atoms with Crippen molar-refractivity contribution in [1.82, 2.24) is 19.3 Å². The maximum absolute atomic E-state index is 13.4. The zero-order valence-corrected chi connectivity index (χ0v) is 20.8. The Morgan fingerprint density at radius 3 is 2.55 bits per heavy atom. The van der Waals surface area contributed by atoms with Crippen LogP contribution in [0.25, 0.3) is 21.9 Å². The van der Waals surface area contributed by atoms with Gasteiger partial charge in [0.1, 0.15) is 17.1 Å². The van der Waals surface area contributed by atoms with E-state index in [4.69, 9.17) is 9.72 Å². The quantitative estimate of drug-likeness (QED) is 0.327. The molecular formula is C28H27FN6O3. The summed E-state index contributed by atoms with van der Waals surface area (Å²) in [5.74, 6) is 1.18. The second-order valence-electron chi connectivity index (χ2n) is 9.43. The second-order valence-corrected chi connectivity index (χ2v) is 9.43. The minimum atomic E-state index is -0.529. The number of hydrogen-bond donors (Lipinski definition) is 2. The van der Waals surface area contributed by atoms with Crippen molar-refractivity contribution in [2.75, 3.05) is 30.4 Å². The monoisotopic (exact) mass is 514 g/mol. The fraction of sp³-hybridized carbons (Fsp3) is 0.250. The van der Waals surface area contributed by atoms with E-state index < -0.39 is 5.56 Å². The third-order valence-electron chi connectivity index (χ3n) is 7.06. The van der Waals surface area contributed by atoms with Gasteiger partial charge in [-0.05, 0) is 54.8 Å². The van der Waals surface area contributed by atoms with Gasteiger partial charge in [-0.25, -0.2) is 14.4 Å². The van der Waals surface area contributed by atoms with Gasteiger partial charge in [-0.2, -0.15) is 0 Å². The van der Waals surface area contributed by atoms with Crippen molar-refractivity contribution >= 4 is 33.8 Å². The van der Waals surface area contributed by atoms with Gasteiger partial charge in [0.25, 0.3) is 5.56 Å². The maximum atomic E-state index is 13.4. The summed E-state index contributed by atoms with van der Waals surface area (Å²) < 4.78 is 21.6. The first-order valence-corrected chi connectivity index (χ1v) is 12.5. The number of para-hydroxylation sites is 3. The van der Waals surface area contributed by atoms with E-state index in [1.165, 1.54) is 19.2 Å². The van der Waals surface area contributed by atoms with Crippen molar-refractivity contribution in [1.29, 1.82) is 0 Å². The van der Waals surface area contributed by atoms with Gasteiger partial charge in [0.15, 0.2) is 0 Å². The summed E-state index contributed by atoms with van der Waals surface area (Å²) in [6.07, 6.45) is 1.50. The van der Waals surface area contributed by atoms with Crippen LogP contribution in [0.1, 0.15) is 18.4 Å². The number of fused-ring (bicyclic) bond motifs is 2. The molecule has 38 heavy (non-hydrogen) atoms. The van der Waals surface area contributed by atoms with Crippen molar-refractivity contribution in [3.05, 3.63) is 88.5 Å². The van der Waals surface area contributed by atoms with Crippen LogP contribution in [0.3, 0.4) is 0 Å². The Hall–Kier alpha value is -4.60. The van der Waals surface area contributed by atoms with Crippen molar-refractivity contribution in [3.8, 4) is 5.75 Å². The first-order valence-electron chi connectivity index (χ1n) is 12.5. The first kappa shape index (κ1) is 23.8. The average Bonchev–Trinajstić information content (AvgIpc) is 3.28. The minimum absolute atomic E-state index is 0.129. The van der Waals surface area contributed by atoms with Crippen LogP contribution >= 0.6 is 0 Å². The van der Waals surface area contributed by atoms with E-state index in [9.17, 15) is 14.4 Å². The van der Waals surface area contributed by atoms with Crippen molar-refractivity contribution in [3.63, 3.8) is 0 Å². The number of hydrogen-bond acceptors (Lipinski definition) is 7. The minimum Gasteiger partial charge on any atom is -0.494 e. The molecule has 1 aliphatic rings. The molecule has 2 N–H and O–H groups in total. The number of halogens is 1. The van der Waals surface area contributed by atoms with Crippen LogP contribution < -0.4 is 20.5 Å². The Bertz CT molecular complexity index is 1670. The normalized spacial score (nSPS) is 14.3. The van der Waals surface area contributed by atoms with Crippen molar-refractivity contribution in [2.24, 2.45) is 0 Å². The fourth-order valence-electron chi connectivity index (χ4n) is 5.06. The summed E-state index contributed by atoms with van der Waals surface area (Å²) in [7, 11) is 1.53. The zero-order chi connectivity index (χ0) is 26.2. The summed E-state index contributed by atoms with van der Waals surface area (Å²) in [6, 6.07) is 19.6. The molecule has 0 amide bonds. The van der Waals surface area contributed by atoms with Gasteiger partial charge < -0.3 is 24.7 Å². The predicted octanol–water partition coefficient (Wildman–Crippen LogP) is 4.26. The highest BCUT2D eigenvalue weighted by atomic mass is 19.1. The molecule has 1 saturated heterocycles. The number of ether oxygens (including phenoxy) is 1. The number of piperidine rings is 1.